The second-order valence-corrected chi connectivity index (χ2v) is 5.01. The summed E-state index contributed by atoms with van der Waals surface area (Å²) in [6, 6.07) is 3.50. The summed E-state index contributed by atoms with van der Waals surface area (Å²) < 4.78 is 4.61. The van der Waals surface area contributed by atoms with Crippen LogP contribution in [-0.2, 0) is 16.1 Å². The molecular weight excluding hydrogens is 258 g/mol. The maximum atomic E-state index is 11.5. The number of H-pyrrole nitrogens is 1. The Balaban J connectivity index is 2.19. The molecule has 0 unspecified atom stereocenters. The van der Waals surface area contributed by atoms with Gasteiger partial charge in [0.25, 0.3) is 0 Å². The minimum absolute atomic E-state index is 0.0490. The number of amides is 1. The van der Waals surface area contributed by atoms with Crippen LogP contribution in [0.15, 0.2) is 12.1 Å². The first-order valence-electron chi connectivity index (χ1n) is 6.76. The maximum absolute atomic E-state index is 11.5. The summed E-state index contributed by atoms with van der Waals surface area (Å²) in [6.07, 6.45) is 0.442. The summed E-state index contributed by atoms with van der Waals surface area (Å²) in [5.74, 6) is 0.125. The van der Waals surface area contributed by atoms with Crippen molar-refractivity contribution in [2.45, 2.75) is 26.8 Å². The molecule has 1 rings (SSSR count). The molecule has 0 fully saturated rings. The number of hydrogen-bond acceptors (Lipinski definition) is 4. The lowest BCUT2D eigenvalue weighted by molar-refractivity contribution is -0.121. The van der Waals surface area contributed by atoms with Gasteiger partial charge in [0.05, 0.1) is 7.11 Å². The molecule has 0 aliphatic heterocycles. The van der Waals surface area contributed by atoms with E-state index in [1.165, 1.54) is 7.11 Å². The van der Waals surface area contributed by atoms with Crippen LogP contribution in [0, 0.1) is 5.92 Å². The molecule has 6 nitrogen and oxygen atoms in total. The van der Waals surface area contributed by atoms with Gasteiger partial charge in [0.2, 0.25) is 5.91 Å². The van der Waals surface area contributed by atoms with Gasteiger partial charge in [-0.25, -0.2) is 4.79 Å². The molecule has 1 heterocycles. The van der Waals surface area contributed by atoms with Crippen molar-refractivity contribution in [3.63, 3.8) is 0 Å². The van der Waals surface area contributed by atoms with Crippen LogP contribution in [0.5, 0.6) is 0 Å². The van der Waals surface area contributed by atoms with Crippen LogP contribution >= 0.6 is 0 Å². The lowest BCUT2D eigenvalue weighted by Gasteiger charge is -2.07. The molecule has 0 aromatic carbocycles. The van der Waals surface area contributed by atoms with E-state index in [4.69, 9.17) is 0 Å². The fraction of sp³-hybridized carbons (Fsp3) is 0.571. The van der Waals surface area contributed by atoms with E-state index in [1.54, 1.807) is 6.07 Å². The van der Waals surface area contributed by atoms with Gasteiger partial charge in [0.15, 0.2) is 0 Å². The molecule has 0 atom stereocenters. The normalized spacial score (nSPS) is 10.6. The highest BCUT2D eigenvalue weighted by Gasteiger charge is 2.07. The van der Waals surface area contributed by atoms with E-state index >= 15 is 0 Å². The Kier molecular flexibility index (Phi) is 6.79. The molecule has 0 saturated carbocycles. The van der Waals surface area contributed by atoms with Crippen molar-refractivity contribution < 1.29 is 14.3 Å². The van der Waals surface area contributed by atoms with Crippen LogP contribution in [-0.4, -0.2) is 37.1 Å². The van der Waals surface area contributed by atoms with E-state index < -0.39 is 0 Å². The van der Waals surface area contributed by atoms with Gasteiger partial charge in [-0.3, -0.25) is 4.79 Å². The predicted octanol–water partition coefficient (Wildman–Crippen LogP) is 1.05. The fourth-order valence-electron chi connectivity index (χ4n) is 1.60. The number of esters is 1. The van der Waals surface area contributed by atoms with Crippen molar-refractivity contribution in [1.29, 1.82) is 0 Å². The highest BCUT2D eigenvalue weighted by molar-refractivity contribution is 5.87. The minimum atomic E-state index is -0.385. The van der Waals surface area contributed by atoms with Gasteiger partial charge in [-0.15, -0.1) is 0 Å². The Morgan fingerprint density at radius 2 is 2.10 bits per heavy atom. The zero-order chi connectivity index (χ0) is 15.0. The Bertz CT molecular complexity index is 441. The fourth-order valence-corrected chi connectivity index (χ4v) is 1.60. The van der Waals surface area contributed by atoms with Crippen molar-refractivity contribution in [2.24, 2.45) is 5.92 Å². The number of aromatic nitrogens is 1. The number of carbonyl (C=O) groups excluding carboxylic acids is 2. The van der Waals surface area contributed by atoms with Crippen molar-refractivity contribution in [3.05, 3.63) is 23.5 Å². The summed E-state index contributed by atoms with van der Waals surface area (Å²) >= 11 is 0. The number of aromatic amines is 1. The molecule has 0 bridgehead atoms. The van der Waals surface area contributed by atoms with E-state index in [-0.39, 0.29) is 11.9 Å². The number of ether oxygens (including phenoxy) is 1. The number of nitrogens with one attached hydrogen (secondary N) is 3. The van der Waals surface area contributed by atoms with E-state index in [9.17, 15) is 9.59 Å². The van der Waals surface area contributed by atoms with Gasteiger partial charge in [-0.2, -0.15) is 0 Å². The van der Waals surface area contributed by atoms with Crippen LogP contribution in [0.25, 0.3) is 0 Å². The first-order valence-corrected chi connectivity index (χ1v) is 6.76. The van der Waals surface area contributed by atoms with E-state index in [2.05, 4.69) is 34.2 Å². The van der Waals surface area contributed by atoms with E-state index in [0.29, 0.717) is 37.7 Å². The van der Waals surface area contributed by atoms with E-state index in [0.717, 1.165) is 5.69 Å². The molecule has 0 aliphatic carbocycles. The maximum Gasteiger partial charge on any atom is 0.354 e. The molecule has 0 saturated heterocycles. The Morgan fingerprint density at radius 1 is 1.35 bits per heavy atom. The Labute approximate surface area is 119 Å². The lowest BCUT2D eigenvalue weighted by Crippen LogP contribution is -2.30. The Morgan fingerprint density at radius 3 is 2.75 bits per heavy atom. The third-order valence-corrected chi connectivity index (χ3v) is 2.70. The number of methoxy groups -OCH3 is 1. The second-order valence-electron chi connectivity index (χ2n) is 5.01. The van der Waals surface area contributed by atoms with Crippen molar-refractivity contribution in [1.82, 2.24) is 15.6 Å². The molecule has 0 spiro atoms. The van der Waals surface area contributed by atoms with Crippen LogP contribution in [0.4, 0.5) is 0 Å². The monoisotopic (exact) mass is 281 g/mol. The average molecular weight is 281 g/mol. The summed E-state index contributed by atoms with van der Waals surface area (Å²) in [5, 5.41) is 6.01. The van der Waals surface area contributed by atoms with Crippen LogP contribution < -0.4 is 10.6 Å². The van der Waals surface area contributed by atoms with Crippen LogP contribution in [0.2, 0.25) is 0 Å². The summed E-state index contributed by atoms with van der Waals surface area (Å²) in [4.78, 5) is 25.7. The molecule has 6 heteroatoms. The zero-order valence-electron chi connectivity index (χ0n) is 12.3. The smallest absolute Gasteiger partial charge is 0.354 e. The number of carbonyl (C=O) groups is 2. The molecule has 0 radical (unpaired) electrons. The first-order chi connectivity index (χ1) is 9.52. The molecule has 0 aliphatic rings. The molecule has 1 aromatic heterocycles. The molecule has 112 valence electrons. The highest BCUT2D eigenvalue weighted by Crippen LogP contribution is 2.03. The topological polar surface area (TPSA) is 83.2 Å². The van der Waals surface area contributed by atoms with Gasteiger partial charge >= 0.3 is 5.97 Å². The lowest BCUT2D eigenvalue weighted by atomic mass is 10.2. The Hall–Kier alpha value is -1.82. The van der Waals surface area contributed by atoms with Crippen molar-refractivity contribution in [2.75, 3.05) is 20.2 Å². The molecule has 20 heavy (non-hydrogen) atoms. The van der Waals surface area contributed by atoms with Gasteiger partial charge < -0.3 is 20.4 Å². The van der Waals surface area contributed by atoms with Crippen molar-refractivity contribution in [3.8, 4) is 0 Å². The van der Waals surface area contributed by atoms with Crippen LogP contribution in [0.1, 0.15) is 36.5 Å². The zero-order valence-corrected chi connectivity index (χ0v) is 12.3. The van der Waals surface area contributed by atoms with Gasteiger partial charge in [-0.05, 0) is 18.1 Å². The first kappa shape index (κ1) is 16.2. The van der Waals surface area contributed by atoms with Crippen molar-refractivity contribution >= 4 is 11.9 Å². The number of hydrogen-bond donors (Lipinski definition) is 3. The molecular formula is C14H23N3O3. The molecule has 1 aromatic rings. The molecule has 3 N–H and O–H groups in total. The SMILES string of the molecule is COC(=O)c1ccc(CNCCC(=O)NCC(C)C)[nH]1. The van der Waals surface area contributed by atoms with Gasteiger partial charge in [0.1, 0.15) is 5.69 Å². The largest absolute Gasteiger partial charge is 0.464 e. The highest BCUT2D eigenvalue weighted by atomic mass is 16.5. The number of rotatable bonds is 8. The average Bonchev–Trinajstić information content (AvgIpc) is 2.89. The van der Waals surface area contributed by atoms with E-state index in [1.807, 2.05) is 6.07 Å². The summed E-state index contributed by atoms with van der Waals surface area (Å²) in [5.41, 5.74) is 1.31. The molecule has 1 amide bonds. The summed E-state index contributed by atoms with van der Waals surface area (Å²) in [6.45, 7) is 5.99. The standard InChI is InChI=1S/C14H23N3O3/c1-10(2)8-16-13(18)6-7-15-9-11-4-5-12(17-11)14(19)20-3/h4-5,10,15,17H,6-9H2,1-3H3,(H,16,18). The summed E-state index contributed by atoms with van der Waals surface area (Å²) in [7, 11) is 1.34. The van der Waals surface area contributed by atoms with Crippen LogP contribution in [0.3, 0.4) is 0 Å². The quantitative estimate of drug-likeness (QED) is 0.491. The van der Waals surface area contributed by atoms with Gasteiger partial charge in [-0.1, -0.05) is 13.8 Å². The third-order valence-electron chi connectivity index (χ3n) is 2.70. The predicted molar refractivity (Wildman–Crippen MR) is 76.3 cm³/mol. The minimum Gasteiger partial charge on any atom is -0.464 e. The third kappa shape index (κ3) is 5.88. The van der Waals surface area contributed by atoms with Gasteiger partial charge in [0, 0.05) is 31.7 Å². The second kappa shape index (κ2) is 8.37.